The van der Waals surface area contributed by atoms with Crippen molar-refractivity contribution in [3.05, 3.63) is 16.0 Å². The van der Waals surface area contributed by atoms with Crippen molar-refractivity contribution >= 4 is 22.3 Å². The average Bonchev–Trinajstić information content (AvgIpc) is 2.75. The van der Waals surface area contributed by atoms with Crippen LogP contribution in [-0.2, 0) is 14.3 Å². The minimum absolute atomic E-state index is 0.169. The Balaban J connectivity index is 2.29. The van der Waals surface area contributed by atoms with Crippen LogP contribution in [0.15, 0.2) is 0 Å². The predicted octanol–water partition coefficient (Wildman–Crippen LogP) is 2.48. The fraction of sp³-hybridized carbons (Fsp3) is 0.643. The second kappa shape index (κ2) is 5.92. The van der Waals surface area contributed by atoms with Gasteiger partial charge in [0, 0.05) is 18.0 Å². The number of nitrogens with zero attached hydrogens (tertiary/aromatic N) is 1. The smallest absolute Gasteiger partial charge is 0.313 e. The van der Waals surface area contributed by atoms with E-state index in [4.69, 9.17) is 9.47 Å². The fourth-order valence-electron chi connectivity index (χ4n) is 2.37. The first-order valence-corrected chi connectivity index (χ1v) is 7.38. The summed E-state index contributed by atoms with van der Waals surface area (Å²) in [5.74, 6) is -0.360. The Morgan fingerprint density at radius 1 is 1.32 bits per heavy atom. The van der Waals surface area contributed by atoms with Crippen LogP contribution >= 0.6 is 11.3 Å². The lowest BCUT2D eigenvalue weighted by atomic mass is 10.0. The normalized spacial score (nSPS) is 17.4. The zero-order chi connectivity index (χ0) is 14.0. The largest absolute Gasteiger partial charge is 0.469 e. The van der Waals surface area contributed by atoms with Crippen molar-refractivity contribution in [1.29, 1.82) is 0 Å². The lowest BCUT2D eigenvalue weighted by Gasteiger charge is -2.28. The van der Waals surface area contributed by atoms with Gasteiger partial charge in [-0.1, -0.05) is 0 Å². The monoisotopic (exact) mass is 283 g/mol. The molecule has 0 bridgehead atoms. The molecule has 106 valence electrons. The zero-order valence-electron chi connectivity index (χ0n) is 12.0. The molecule has 5 heteroatoms. The Morgan fingerprint density at radius 2 is 1.95 bits per heavy atom. The molecule has 1 saturated heterocycles. The maximum atomic E-state index is 11.7. The maximum absolute atomic E-state index is 11.7. The molecular formula is C14H21NO3S. The number of methoxy groups -OCH3 is 1. The SMILES string of the molecule is COC(=O)C(C)c1sc(N2CCOCC2)c(C)c1C. The Hall–Kier alpha value is -1.07. The minimum Gasteiger partial charge on any atom is -0.469 e. The van der Waals surface area contributed by atoms with Crippen LogP contribution < -0.4 is 4.90 Å². The molecule has 1 atom stereocenters. The molecule has 1 aromatic rings. The number of hydrogen-bond acceptors (Lipinski definition) is 5. The van der Waals surface area contributed by atoms with Crippen LogP contribution in [0.3, 0.4) is 0 Å². The van der Waals surface area contributed by atoms with Crippen LogP contribution in [0.1, 0.15) is 28.8 Å². The summed E-state index contributed by atoms with van der Waals surface area (Å²) in [7, 11) is 1.44. The maximum Gasteiger partial charge on any atom is 0.313 e. The molecule has 2 rings (SSSR count). The number of hydrogen-bond donors (Lipinski definition) is 0. The molecule has 0 aromatic carbocycles. The molecule has 1 aliphatic heterocycles. The van der Waals surface area contributed by atoms with E-state index in [0.29, 0.717) is 0 Å². The third-order valence-electron chi connectivity index (χ3n) is 3.71. The van der Waals surface area contributed by atoms with Crippen LogP contribution in [0.4, 0.5) is 5.00 Å². The van der Waals surface area contributed by atoms with Crippen molar-refractivity contribution in [2.75, 3.05) is 38.3 Å². The average molecular weight is 283 g/mol. The highest BCUT2D eigenvalue weighted by molar-refractivity contribution is 7.16. The van der Waals surface area contributed by atoms with Crippen molar-refractivity contribution in [2.45, 2.75) is 26.7 Å². The highest BCUT2D eigenvalue weighted by Gasteiger charge is 2.25. The molecule has 0 N–H and O–H groups in total. The van der Waals surface area contributed by atoms with Gasteiger partial charge in [-0.2, -0.15) is 0 Å². The molecule has 19 heavy (non-hydrogen) atoms. The van der Waals surface area contributed by atoms with Crippen molar-refractivity contribution in [3.8, 4) is 0 Å². The molecule has 0 radical (unpaired) electrons. The van der Waals surface area contributed by atoms with Crippen LogP contribution in [0.2, 0.25) is 0 Å². The molecule has 0 spiro atoms. The van der Waals surface area contributed by atoms with E-state index < -0.39 is 0 Å². The number of rotatable bonds is 3. The van der Waals surface area contributed by atoms with E-state index in [2.05, 4.69) is 18.7 Å². The topological polar surface area (TPSA) is 38.8 Å². The van der Waals surface area contributed by atoms with Gasteiger partial charge in [-0.05, 0) is 31.9 Å². The minimum atomic E-state index is -0.191. The molecule has 4 nitrogen and oxygen atoms in total. The van der Waals surface area contributed by atoms with Gasteiger partial charge in [0.15, 0.2) is 0 Å². The van der Waals surface area contributed by atoms with Crippen molar-refractivity contribution in [1.82, 2.24) is 0 Å². The van der Waals surface area contributed by atoms with Crippen LogP contribution in [0, 0.1) is 13.8 Å². The summed E-state index contributed by atoms with van der Waals surface area (Å²) in [5.41, 5.74) is 2.49. The molecule has 1 unspecified atom stereocenters. The van der Waals surface area contributed by atoms with E-state index in [1.54, 1.807) is 11.3 Å². The molecule has 0 aliphatic carbocycles. The molecule has 2 heterocycles. The van der Waals surface area contributed by atoms with E-state index in [1.165, 1.54) is 23.2 Å². The van der Waals surface area contributed by atoms with Crippen LogP contribution in [-0.4, -0.2) is 39.4 Å². The van der Waals surface area contributed by atoms with E-state index in [9.17, 15) is 4.79 Å². The lowest BCUT2D eigenvalue weighted by Crippen LogP contribution is -2.36. The Bertz CT molecular complexity index is 464. The first-order valence-electron chi connectivity index (χ1n) is 6.56. The van der Waals surface area contributed by atoms with Crippen LogP contribution in [0.25, 0.3) is 0 Å². The third kappa shape index (κ3) is 2.77. The molecule has 1 aliphatic rings. The Kier molecular flexibility index (Phi) is 4.47. The van der Waals surface area contributed by atoms with Crippen molar-refractivity contribution in [2.24, 2.45) is 0 Å². The van der Waals surface area contributed by atoms with E-state index in [1.807, 2.05) is 6.92 Å². The quantitative estimate of drug-likeness (QED) is 0.799. The van der Waals surface area contributed by atoms with Gasteiger partial charge in [0.05, 0.1) is 31.2 Å². The summed E-state index contributed by atoms with van der Waals surface area (Å²) in [6.45, 7) is 9.53. The van der Waals surface area contributed by atoms with Crippen molar-refractivity contribution in [3.63, 3.8) is 0 Å². The molecule has 1 fully saturated rings. The highest BCUT2D eigenvalue weighted by Crippen LogP contribution is 2.39. The van der Waals surface area contributed by atoms with Crippen LogP contribution in [0.5, 0.6) is 0 Å². The van der Waals surface area contributed by atoms with E-state index in [-0.39, 0.29) is 11.9 Å². The second-order valence-corrected chi connectivity index (χ2v) is 5.90. The summed E-state index contributed by atoms with van der Waals surface area (Å²) in [6, 6.07) is 0. The first-order chi connectivity index (χ1) is 9.06. The van der Waals surface area contributed by atoms with Gasteiger partial charge in [-0.3, -0.25) is 4.79 Å². The number of thiophene rings is 1. The number of esters is 1. The first kappa shape index (κ1) is 14.3. The molecule has 0 saturated carbocycles. The lowest BCUT2D eigenvalue weighted by molar-refractivity contribution is -0.141. The Morgan fingerprint density at radius 3 is 2.53 bits per heavy atom. The van der Waals surface area contributed by atoms with E-state index in [0.717, 1.165) is 31.2 Å². The van der Waals surface area contributed by atoms with Gasteiger partial charge in [0.1, 0.15) is 0 Å². The summed E-state index contributed by atoms with van der Waals surface area (Å²) in [5, 5.41) is 1.27. The standard InChI is InChI=1S/C14H21NO3S/c1-9-10(2)13(15-5-7-18-8-6-15)19-12(9)11(3)14(16)17-4/h11H,5-8H2,1-4H3. The summed E-state index contributed by atoms with van der Waals surface area (Å²) in [4.78, 5) is 15.2. The summed E-state index contributed by atoms with van der Waals surface area (Å²) >= 11 is 1.71. The van der Waals surface area contributed by atoms with Gasteiger partial charge < -0.3 is 14.4 Å². The fourth-order valence-corrected chi connectivity index (χ4v) is 3.77. The van der Waals surface area contributed by atoms with Gasteiger partial charge in [-0.15, -0.1) is 11.3 Å². The number of ether oxygens (including phenoxy) is 2. The second-order valence-electron chi connectivity index (χ2n) is 4.87. The highest BCUT2D eigenvalue weighted by atomic mass is 32.1. The van der Waals surface area contributed by atoms with Gasteiger partial charge in [0.25, 0.3) is 0 Å². The molecule has 0 amide bonds. The van der Waals surface area contributed by atoms with E-state index >= 15 is 0 Å². The van der Waals surface area contributed by atoms with Gasteiger partial charge in [0.2, 0.25) is 0 Å². The Labute approximate surface area is 118 Å². The summed E-state index contributed by atoms with van der Waals surface area (Å²) in [6.07, 6.45) is 0. The predicted molar refractivity (Wildman–Crippen MR) is 77.3 cm³/mol. The molecular weight excluding hydrogens is 262 g/mol. The number of carbonyl (C=O) groups is 1. The zero-order valence-corrected chi connectivity index (χ0v) is 12.8. The van der Waals surface area contributed by atoms with Gasteiger partial charge in [-0.25, -0.2) is 0 Å². The van der Waals surface area contributed by atoms with Crippen molar-refractivity contribution < 1.29 is 14.3 Å². The summed E-state index contributed by atoms with van der Waals surface area (Å²) < 4.78 is 10.2. The number of anilines is 1. The van der Waals surface area contributed by atoms with Gasteiger partial charge >= 0.3 is 5.97 Å². The third-order valence-corrected chi connectivity index (χ3v) is 5.34. The number of carbonyl (C=O) groups excluding carboxylic acids is 1. The number of morpholine rings is 1. The molecule has 1 aromatic heterocycles.